The van der Waals surface area contributed by atoms with Gasteiger partial charge in [-0.25, -0.2) is 4.39 Å². The van der Waals surface area contributed by atoms with E-state index in [9.17, 15) is 4.39 Å². The second-order valence-electron chi connectivity index (χ2n) is 5.66. The Morgan fingerprint density at radius 3 is 2.80 bits per heavy atom. The summed E-state index contributed by atoms with van der Waals surface area (Å²) in [6, 6.07) is 3.32. The fraction of sp³-hybridized carbons (Fsp3) is 0.533. The Balaban J connectivity index is 1.85. The average molecular weight is 357 g/mol. The third-order valence-corrected chi connectivity index (χ3v) is 5.23. The number of halogens is 2. The molecule has 5 heteroatoms. The summed E-state index contributed by atoms with van der Waals surface area (Å²) >= 11 is 8.59. The summed E-state index contributed by atoms with van der Waals surface area (Å²) in [5.41, 5.74) is 1.76. The number of benzene rings is 1. The highest BCUT2D eigenvalue weighted by Gasteiger charge is 2.15. The highest BCUT2D eigenvalue weighted by molar-refractivity contribution is 9.10. The third kappa shape index (κ3) is 2.84. The molecule has 1 aromatic heterocycles. The Morgan fingerprint density at radius 2 is 2.05 bits per heavy atom. The van der Waals surface area contributed by atoms with E-state index in [2.05, 4.69) is 20.9 Å². The van der Waals surface area contributed by atoms with E-state index in [1.807, 2.05) is 4.57 Å². The number of hydrogen-bond acceptors (Lipinski definition) is 1. The number of aromatic amines is 1. The summed E-state index contributed by atoms with van der Waals surface area (Å²) in [4.78, 5) is 3.16. The fourth-order valence-electron chi connectivity index (χ4n) is 3.16. The molecule has 0 saturated heterocycles. The Bertz CT molecular complexity index is 670. The van der Waals surface area contributed by atoms with Gasteiger partial charge in [-0.2, -0.15) is 0 Å². The van der Waals surface area contributed by atoms with Crippen molar-refractivity contribution in [2.75, 3.05) is 0 Å². The summed E-state index contributed by atoms with van der Waals surface area (Å²) < 4.78 is 16.9. The number of nitrogens with one attached hydrogen (secondary N) is 1. The van der Waals surface area contributed by atoms with Crippen LogP contribution < -0.4 is 0 Å². The molecule has 1 N–H and O–H groups in total. The first-order valence-corrected chi connectivity index (χ1v) is 8.43. The van der Waals surface area contributed by atoms with Gasteiger partial charge in [0.05, 0.1) is 15.5 Å². The molecule has 2 nitrogen and oxygen atoms in total. The van der Waals surface area contributed by atoms with Gasteiger partial charge in [-0.1, -0.05) is 32.1 Å². The van der Waals surface area contributed by atoms with Crippen molar-refractivity contribution in [3.63, 3.8) is 0 Å². The Hall–Kier alpha value is -0.680. The second-order valence-corrected chi connectivity index (χ2v) is 6.90. The predicted octanol–water partition coefficient (Wildman–Crippen LogP) is 5.57. The number of aryl methyl sites for hydroxylation is 1. The largest absolute Gasteiger partial charge is 0.331 e. The molecule has 108 valence electrons. The second kappa shape index (κ2) is 5.98. The minimum Gasteiger partial charge on any atom is -0.331 e. The normalized spacial score (nSPS) is 16.9. The molecule has 1 heterocycles. The molecule has 2 aromatic rings. The summed E-state index contributed by atoms with van der Waals surface area (Å²) in [5, 5.41) is 0. The van der Waals surface area contributed by atoms with E-state index < -0.39 is 0 Å². The van der Waals surface area contributed by atoms with E-state index in [4.69, 9.17) is 12.2 Å². The molecule has 20 heavy (non-hydrogen) atoms. The summed E-state index contributed by atoms with van der Waals surface area (Å²) in [6.45, 7) is 0.880. The standard InChI is InChI=1S/C15H18BrFN2S/c16-11-8-13-14(9-12(11)17)19(15(20)18-13)7-6-10-4-2-1-3-5-10/h8-10H,1-7H2,(H,18,20). The maximum atomic E-state index is 13.7. The number of H-pyrrole nitrogens is 1. The molecular weight excluding hydrogens is 339 g/mol. The first-order chi connectivity index (χ1) is 9.65. The van der Waals surface area contributed by atoms with Crippen LogP contribution in [0.25, 0.3) is 11.0 Å². The van der Waals surface area contributed by atoms with Crippen molar-refractivity contribution in [2.24, 2.45) is 5.92 Å². The van der Waals surface area contributed by atoms with E-state index in [0.717, 1.165) is 29.9 Å². The molecule has 0 radical (unpaired) electrons. The molecule has 0 atom stereocenters. The number of fused-ring (bicyclic) bond motifs is 1. The van der Waals surface area contributed by atoms with E-state index in [-0.39, 0.29) is 5.82 Å². The lowest BCUT2D eigenvalue weighted by atomic mass is 9.87. The van der Waals surface area contributed by atoms with Crippen molar-refractivity contribution in [1.29, 1.82) is 0 Å². The zero-order chi connectivity index (χ0) is 14.1. The van der Waals surface area contributed by atoms with Gasteiger partial charge in [-0.3, -0.25) is 0 Å². The molecule has 1 aliphatic rings. The van der Waals surface area contributed by atoms with E-state index in [1.54, 1.807) is 12.1 Å². The van der Waals surface area contributed by atoms with Gasteiger partial charge in [0.25, 0.3) is 0 Å². The van der Waals surface area contributed by atoms with Gasteiger partial charge in [0.15, 0.2) is 4.77 Å². The topological polar surface area (TPSA) is 20.7 Å². The highest BCUT2D eigenvalue weighted by Crippen LogP contribution is 2.28. The van der Waals surface area contributed by atoms with Crippen LogP contribution in [0.2, 0.25) is 0 Å². The van der Waals surface area contributed by atoms with Crippen LogP contribution in [0.3, 0.4) is 0 Å². The van der Waals surface area contributed by atoms with Crippen LogP contribution in [0.4, 0.5) is 4.39 Å². The van der Waals surface area contributed by atoms with Gasteiger partial charge < -0.3 is 9.55 Å². The molecule has 1 saturated carbocycles. The third-order valence-electron chi connectivity index (χ3n) is 4.30. The van der Waals surface area contributed by atoms with Crippen LogP contribution in [-0.4, -0.2) is 9.55 Å². The molecule has 0 unspecified atom stereocenters. The lowest BCUT2D eigenvalue weighted by Crippen LogP contribution is -2.10. The lowest BCUT2D eigenvalue weighted by Gasteiger charge is -2.21. The van der Waals surface area contributed by atoms with Crippen molar-refractivity contribution in [3.05, 3.63) is 27.2 Å². The van der Waals surface area contributed by atoms with E-state index in [0.29, 0.717) is 9.24 Å². The molecule has 0 spiro atoms. The Kier molecular flexibility index (Phi) is 4.26. The number of nitrogens with zero attached hydrogens (tertiary/aromatic N) is 1. The molecular formula is C15H18BrFN2S. The quantitative estimate of drug-likeness (QED) is 0.712. The SMILES string of the molecule is Fc1cc2c(cc1Br)[nH]c(=S)n2CCC1CCCCC1. The maximum Gasteiger partial charge on any atom is 0.178 e. The molecule has 0 bridgehead atoms. The molecule has 0 aliphatic heterocycles. The smallest absolute Gasteiger partial charge is 0.178 e. The van der Waals surface area contributed by atoms with Crippen molar-refractivity contribution >= 4 is 39.2 Å². The van der Waals surface area contributed by atoms with Gasteiger partial charge in [0.2, 0.25) is 0 Å². The number of aromatic nitrogens is 2. The predicted molar refractivity (Wildman–Crippen MR) is 86.0 cm³/mol. The zero-order valence-corrected chi connectivity index (χ0v) is 13.7. The van der Waals surface area contributed by atoms with Gasteiger partial charge >= 0.3 is 0 Å². The monoisotopic (exact) mass is 356 g/mol. The van der Waals surface area contributed by atoms with Gasteiger partial charge in [-0.15, -0.1) is 0 Å². The van der Waals surface area contributed by atoms with Crippen molar-refractivity contribution in [3.8, 4) is 0 Å². The lowest BCUT2D eigenvalue weighted by molar-refractivity contribution is 0.325. The zero-order valence-electron chi connectivity index (χ0n) is 11.3. The minimum atomic E-state index is -0.238. The summed E-state index contributed by atoms with van der Waals surface area (Å²) in [6.07, 6.45) is 7.88. The average Bonchev–Trinajstić information content (AvgIpc) is 2.73. The van der Waals surface area contributed by atoms with Crippen molar-refractivity contribution in [2.45, 2.75) is 45.1 Å². The van der Waals surface area contributed by atoms with E-state index >= 15 is 0 Å². The first-order valence-electron chi connectivity index (χ1n) is 7.22. The summed E-state index contributed by atoms with van der Waals surface area (Å²) in [7, 11) is 0. The van der Waals surface area contributed by atoms with E-state index in [1.165, 1.54) is 32.1 Å². The highest BCUT2D eigenvalue weighted by atomic mass is 79.9. The number of imidazole rings is 1. The molecule has 3 rings (SSSR count). The van der Waals surface area contributed by atoms with Crippen molar-refractivity contribution < 1.29 is 4.39 Å². The molecule has 1 aliphatic carbocycles. The van der Waals surface area contributed by atoms with Crippen LogP contribution >= 0.6 is 28.1 Å². The maximum absolute atomic E-state index is 13.7. The Labute approximate surface area is 131 Å². The Morgan fingerprint density at radius 1 is 1.30 bits per heavy atom. The van der Waals surface area contributed by atoms with Crippen LogP contribution in [0.5, 0.6) is 0 Å². The first kappa shape index (κ1) is 14.3. The van der Waals surface area contributed by atoms with Gasteiger partial charge in [-0.05, 0) is 46.6 Å². The molecule has 0 amide bonds. The van der Waals surface area contributed by atoms with Crippen molar-refractivity contribution in [1.82, 2.24) is 9.55 Å². The molecule has 1 fully saturated rings. The van der Waals surface area contributed by atoms with Crippen LogP contribution in [0, 0.1) is 16.5 Å². The number of rotatable bonds is 3. The summed E-state index contributed by atoms with van der Waals surface area (Å²) in [5.74, 6) is 0.564. The van der Waals surface area contributed by atoms with Gasteiger partial charge in [0.1, 0.15) is 5.82 Å². The van der Waals surface area contributed by atoms with Crippen LogP contribution in [-0.2, 0) is 6.54 Å². The molecule has 1 aromatic carbocycles. The minimum absolute atomic E-state index is 0.238. The fourth-order valence-corrected chi connectivity index (χ4v) is 3.80. The van der Waals surface area contributed by atoms with Crippen LogP contribution in [0.15, 0.2) is 16.6 Å². The van der Waals surface area contributed by atoms with Crippen LogP contribution in [0.1, 0.15) is 38.5 Å². The number of hydrogen-bond donors (Lipinski definition) is 1. The van der Waals surface area contributed by atoms with Gasteiger partial charge in [0, 0.05) is 12.6 Å².